The summed E-state index contributed by atoms with van der Waals surface area (Å²) in [5, 5.41) is 10.0. The summed E-state index contributed by atoms with van der Waals surface area (Å²) < 4.78 is 1.11. The maximum absolute atomic E-state index is 10.0. The molecule has 0 amide bonds. The van der Waals surface area contributed by atoms with E-state index in [0.29, 0.717) is 5.92 Å². The van der Waals surface area contributed by atoms with Crippen molar-refractivity contribution >= 4 is 27.3 Å². The van der Waals surface area contributed by atoms with Crippen molar-refractivity contribution in [2.24, 2.45) is 5.92 Å². The van der Waals surface area contributed by atoms with Gasteiger partial charge in [-0.1, -0.05) is 20.3 Å². The molecule has 0 bridgehead atoms. The molecule has 0 saturated carbocycles. The van der Waals surface area contributed by atoms with E-state index < -0.39 is 0 Å². The molecule has 0 aliphatic carbocycles. The summed E-state index contributed by atoms with van der Waals surface area (Å²) in [4.78, 5) is 2.32. The third-order valence-corrected chi connectivity index (χ3v) is 4.66. The zero-order chi connectivity index (χ0) is 10.7. The van der Waals surface area contributed by atoms with Gasteiger partial charge in [-0.3, -0.25) is 0 Å². The van der Waals surface area contributed by atoms with E-state index in [1.165, 1.54) is 4.88 Å². The first kappa shape index (κ1) is 12.2. The van der Waals surface area contributed by atoms with Crippen molar-refractivity contribution in [3.63, 3.8) is 0 Å². The quantitative estimate of drug-likeness (QED) is 0.870. The number of aliphatic hydroxyl groups excluding tert-OH is 1. The van der Waals surface area contributed by atoms with Crippen LogP contribution in [-0.2, 0) is 0 Å². The number of aliphatic hydroxyl groups is 1. The second-order valence-corrected chi connectivity index (χ2v) is 5.91. The van der Waals surface area contributed by atoms with Crippen LogP contribution in [0.1, 0.15) is 42.5 Å². The Morgan fingerprint density at radius 3 is 2.64 bits per heavy atom. The Hall–Kier alpha value is 0.140. The molecule has 0 aliphatic rings. The van der Waals surface area contributed by atoms with Gasteiger partial charge in [0.15, 0.2) is 0 Å². The predicted octanol–water partition coefficient (Wildman–Crippen LogP) is 4.29. The van der Waals surface area contributed by atoms with Crippen LogP contribution in [0.25, 0.3) is 0 Å². The van der Waals surface area contributed by atoms with E-state index in [1.54, 1.807) is 11.3 Å². The van der Waals surface area contributed by atoms with E-state index in [4.69, 9.17) is 0 Å². The lowest BCUT2D eigenvalue weighted by Crippen LogP contribution is -2.07. The van der Waals surface area contributed by atoms with E-state index in [9.17, 15) is 5.11 Å². The molecule has 0 radical (unpaired) electrons. The van der Waals surface area contributed by atoms with Crippen LogP contribution in [-0.4, -0.2) is 5.11 Å². The molecule has 0 spiro atoms. The van der Waals surface area contributed by atoms with Gasteiger partial charge in [0.25, 0.3) is 0 Å². The fourth-order valence-electron chi connectivity index (χ4n) is 1.52. The molecular weight excluding hydrogens is 260 g/mol. The fourth-order valence-corrected chi connectivity index (χ4v) is 3.20. The zero-order valence-corrected chi connectivity index (χ0v) is 11.3. The first-order chi connectivity index (χ1) is 6.56. The molecule has 2 atom stereocenters. The third-order valence-electron chi connectivity index (χ3n) is 2.45. The molecule has 0 aromatic carbocycles. The number of halogens is 1. The number of thiophene rings is 1. The molecule has 0 aliphatic heterocycles. The van der Waals surface area contributed by atoms with Crippen molar-refractivity contribution in [3.8, 4) is 0 Å². The van der Waals surface area contributed by atoms with Gasteiger partial charge in [0, 0.05) is 14.2 Å². The first-order valence-corrected chi connectivity index (χ1v) is 6.61. The summed E-state index contributed by atoms with van der Waals surface area (Å²) in [6, 6.07) is 2.04. The molecule has 80 valence electrons. The number of rotatable bonds is 4. The lowest BCUT2D eigenvalue weighted by molar-refractivity contribution is 0.116. The minimum atomic E-state index is -0.301. The predicted molar refractivity (Wildman–Crippen MR) is 65.8 cm³/mol. The van der Waals surface area contributed by atoms with Crippen molar-refractivity contribution in [1.82, 2.24) is 0 Å². The molecule has 0 saturated heterocycles. The summed E-state index contributed by atoms with van der Waals surface area (Å²) in [7, 11) is 0. The van der Waals surface area contributed by atoms with E-state index in [2.05, 4.69) is 36.7 Å². The Morgan fingerprint density at radius 2 is 2.21 bits per heavy atom. The van der Waals surface area contributed by atoms with Crippen LogP contribution in [0.3, 0.4) is 0 Å². The maximum Gasteiger partial charge on any atom is 0.0907 e. The van der Waals surface area contributed by atoms with Gasteiger partial charge in [-0.15, -0.1) is 11.3 Å². The van der Waals surface area contributed by atoms with Crippen LogP contribution in [0.15, 0.2) is 10.5 Å². The van der Waals surface area contributed by atoms with Crippen LogP contribution < -0.4 is 0 Å². The molecule has 1 aromatic rings. The van der Waals surface area contributed by atoms with Gasteiger partial charge in [0.1, 0.15) is 0 Å². The van der Waals surface area contributed by atoms with E-state index in [0.717, 1.165) is 22.2 Å². The van der Waals surface area contributed by atoms with Gasteiger partial charge in [-0.2, -0.15) is 0 Å². The summed E-state index contributed by atoms with van der Waals surface area (Å²) in [6.07, 6.45) is 1.91. The Morgan fingerprint density at radius 1 is 1.57 bits per heavy atom. The molecule has 2 unspecified atom stereocenters. The van der Waals surface area contributed by atoms with Crippen LogP contribution in [0.4, 0.5) is 0 Å². The minimum absolute atomic E-state index is 0.301. The van der Waals surface area contributed by atoms with Gasteiger partial charge >= 0.3 is 0 Å². The summed E-state index contributed by atoms with van der Waals surface area (Å²) >= 11 is 5.15. The third kappa shape index (κ3) is 2.81. The second kappa shape index (κ2) is 5.29. The average molecular weight is 277 g/mol. The van der Waals surface area contributed by atoms with Crippen molar-refractivity contribution in [2.75, 3.05) is 0 Å². The molecule has 0 fully saturated rings. The lowest BCUT2D eigenvalue weighted by Gasteiger charge is -2.16. The molecule has 1 aromatic heterocycles. The van der Waals surface area contributed by atoms with Gasteiger partial charge in [0.05, 0.1) is 6.10 Å². The lowest BCUT2D eigenvalue weighted by atomic mass is 9.98. The van der Waals surface area contributed by atoms with Crippen LogP contribution in [0.5, 0.6) is 0 Å². The van der Waals surface area contributed by atoms with E-state index >= 15 is 0 Å². The van der Waals surface area contributed by atoms with Crippen LogP contribution in [0, 0.1) is 12.8 Å². The minimum Gasteiger partial charge on any atom is -0.387 e. The average Bonchev–Trinajstić information content (AvgIpc) is 2.46. The smallest absolute Gasteiger partial charge is 0.0907 e. The summed E-state index contributed by atoms with van der Waals surface area (Å²) in [5.41, 5.74) is 0. The maximum atomic E-state index is 10.0. The number of aryl methyl sites for hydroxylation is 1. The Labute approximate surface area is 98.3 Å². The monoisotopic (exact) mass is 276 g/mol. The van der Waals surface area contributed by atoms with Gasteiger partial charge < -0.3 is 5.11 Å². The van der Waals surface area contributed by atoms with E-state index in [1.807, 2.05) is 6.07 Å². The van der Waals surface area contributed by atoms with E-state index in [-0.39, 0.29) is 6.10 Å². The Bertz CT molecular complexity index is 276. The molecule has 1 N–H and O–H groups in total. The summed E-state index contributed by atoms with van der Waals surface area (Å²) in [6.45, 7) is 6.32. The topological polar surface area (TPSA) is 20.2 Å². The van der Waals surface area contributed by atoms with Crippen molar-refractivity contribution in [3.05, 3.63) is 20.3 Å². The zero-order valence-electron chi connectivity index (χ0n) is 8.88. The van der Waals surface area contributed by atoms with Gasteiger partial charge in [-0.05, 0) is 41.3 Å². The Kier molecular flexibility index (Phi) is 4.61. The second-order valence-electron chi connectivity index (χ2n) is 3.76. The largest absolute Gasteiger partial charge is 0.387 e. The highest BCUT2D eigenvalue weighted by atomic mass is 79.9. The Balaban J connectivity index is 2.73. The first-order valence-electron chi connectivity index (χ1n) is 5.00. The molecule has 1 heterocycles. The van der Waals surface area contributed by atoms with Gasteiger partial charge in [0.2, 0.25) is 0 Å². The normalized spacial score (nSPS) is 15.5. The van der Waals surface area contributed by atoms with Crippen molar-refractivity contribution in [2.45, 2.75) is 39.7 Å². The molecule has 3 heteroatoms. The molecular formula is C11H17BrOS. The fraction of sp³-hybridized carbons (Fsp3) is 0.636. The van der Waals surface area contributed by atoms with Crippen LogP contribution in [0.2, 0.25) is 0 Å². The highest BCUT2D eigenvalue weighted by Crippen LogP contribution is 2.34. The standard InChI is InChI=1S/C11H17BrOS/c1-4-5-7(2)11(13)10-6-9(12)8(3)14-10/h6-7,11,13H,4-5H2,1-3H3. The highest BCUT2D eigenvalue weighted by molar-refractivity contribution is 9.10. The molecule has 1 rings (SSSR count). The summed E-state index contributed by atoms with van der Waals surface area (Å²) in [5.74, 6) is 0.352. The SMILES string of the molecule is CCCC(C)C(O)c1cc(Br)c(C)s1. The molecule has 1 nitrogen and oxygen atoms in total. The number of hydrogen-bond donors (Lipinski definition) is 1. The number of hydrogen-bond acceptors (Lipinski definition) is 2. The van der Waals surface area contributed by atoms with Gasteiger partial charge in [-0.25, -0.2) is 0 Å². The van der Waals surface area contributed by atoms with Crippen molar-refractivity contribution < 1.29 is 5.11 Å². The van der Waals surface area contributed by atoms with Crippen LogP contribution >= 0.6 is 27.3 Å². The molecule has 14 heavy (non-hydrogen) atoms. The van der Waals surface area contributed by atoms with Crippen molar-refractivity contribution in [1.29, 1.82) is 0 Å². The highest BCUT2D eigenvalue weighted by Gasteiger charge is 2.18.